The molecule has 0 aromatic heterocycles. The zero-order chi connectivity index (χ0) is 17.0. The Kier molecular flexibility index (Phi) is 5.65. The normalized spacial score (nSPS) is 15.6. The summed E-state index contributed by atoms with van der Waals surface area (Å²) in [5, 5.41) is 14.3. The lowest BCUT2D eigenvalue weighted by atomic mass is 10.0. The average molecular weight is 342 g/mol. The average Bonchev–Trinajstić information content (AvgIpc) is 2.49. The van der Waals surface area contributed by atoms with Crippen molar-refractivity contribution in [2.45, 2.75) is 38.8 Å². The van der Waals surface area contributed by atoms with Gasteiger partial charge in [-0.1, -0.05) is 11.6 Å². The summed E-state index contributed by atoms with van der Waals surface area (Å²) < 4.78 is 5.18. The van der Waals surface area contributed by atoms with Crippen LogP contribution >= 0.6 is 11.6 Å². The first-order chi connectivity index (χ1) is 10.9. The lowest BCUT2D eigenvalue weighted by Gasteiger charge is -2.32. The lowest BCUT2D eigenvalue weighted by molar-refractivity contribution is -0.384. The smallest absolute Gasteiger partial charge is 0.410 e. The minimum atomic E-state index is -0.478. The molecule has 1 aliphatic rings. The van der Waals surface area contributed by atoms with E-state index in [1.807, 2.05) is 13.8 Å². The molecule has 1 aromatic rings. The molecule has 0 aliphatic carbocycles. The van der Waals surface area contributed by atoms with Crippen molar-refractivity contribution < 1.29 is 14.5 Å². The van der Waals surface area contributed by atoms with Crippen LogP contribution in [0.5, 0.6) is 0 Å². The van der Waals surface area contributed by atoms with Gasteiger partial charge in [-0.25, -0.2) is 4.79 Å². The van der Waals surface area contributed by atoms with E-state index in [-0.39, 0.29) is 23.9 Å². The molecule has 0 radical (unpaired) electrons. The number of likely N-dealkylation sites (tertiary alicyclic amines) is 1. The number of carbonyl (C=O) groups is 1. The molecule has 0 bridgehead atoms. The summed E-state index contributed by atoms with van der Waals surface area (Å²) in [6.45, 7) is 4.85. The standard InChI is InChI=1S/C15H20ClN3O4/c1-10(2)23-15(20)18-7-5-11(6-8-18)17-14-4-3-12(19(21)22)9-13(14)16/h3-4,9-11,17H,5-8H2,1-2H3. The van der Waals surface area contributed by atoms with Crippen LogP contribution < -0.4 is 5.32 Å². The molecule has 1 N–H and O–H groups in total. The van der Waals surface area contributed by atoms with E-state index in [4.69, 9.17) is 16.3 Å². The second-order valence-electron chi connectivity index (χ2n) is 5.76. The van der Waals surface area contributed by atoms with Crippen LogP contribution in [0.1, 0.15) is 26.7 Å². The molecule has 2 rings (SSSR count). The summed E-state index contributed by atoms with van der Waals surface area (Å²) in [5.41, 5.74) is 0.632. The van der Waals surface area contributed by atoms with E-state index in [1.165, 1.54) is 12.1 Å². The third-order valence-corrected chi connectivity index (χ3v) is 3.93. The summed E-state index contributed by atoms with van der Waals surface area (Å²) in [6.07, 6.45) is 1.12. The molecule has 1 fully saturated rings. The van der Waals surface area contributed by atoms with Crippen molar-refractivity contribution in [3.63, 3.8) is 0 Å². The topological polar surface area (TPSA) is 84.7 Å². The Morgan fingerprint density at radius 3 is 2.61 bits per heavy atom. The number of nitro groups is 1. The van der Waals surface area contributed by atoms with E-state index in [9.17, 15) is 14.9 Å². The summed E-state index contributed by atoms with van der Waals surface area (Å²) in [4.78, 5) is 23.7. The number of hydrogen-bond acceptors (Lipinski definition) is 5. The number of nitrogens with zero attached hydrogens (tertiary/aromatic N) is 2. The van der Waals surface area contributed by atoms with Gasteiger partial charge in [0.1, 0.15) is 0 Å². The number of hydrogen-bond donors (Lipinski definition) is 1. The minimum Gasteiger partial charge on any atom is -0.447 e. The van der Waals surface area contributed by atoms with Gasteiger partial charge in [0.25, 0.3) is 5.69 Å². The van der Waals surface area contributed by atoms with Crippen molar-refractivity contribution in [2.75, 3.05) is 18.4 Å². The number of halogens is 1. The molecule has 1 aromatic carbocycles. The third-order valence-electron chi connectivity index (χ3n) is 3.61. The first kappa shape index (κ1) is 17.3. The second kappa shape index (κ2) is 7.50. The Labute approximate surface area is 139 Å². The fraction of sp³-hybridized carbons (Fsp3) is 0.533. The van der Waals surface area contributed by atoms with Crippen LogP contribution in [0.2, 0.25) is 5.02 Å². The second-order valence-corrected chi connectivity index (χ2v) is 6.17. The summed E-state index contributed by atoms with van der Waals surface area (Å²) in [6, 6.07) is 4.53. The molecule has 1 heterocycles. The van der Waals surface area contributed by atoms with Crippen molar-refractivity contribution in [3.05, 3.63) is 33.3 Å². The van der Waals surface area contributed by atoms with Crippen molar-refractivity contribution in [3.8, 4) is 0 Å². The number of non-ortho nitro benzene ring substituents is 1. The highest BCUT2D eigenvalue weighted by molar-refractivity contribution is 6.33. The van der Waals surface area contributed by atoms with E-state index < -0.39 is 4.92 Å². The maximum Gasteiger partial charge on any atom is 0.410 e. The number of ether oxygens (including phenoxy) is 1. The van der Waals surface area contributed by atoms with Gasteiger partial charge in [0.15, 0.2) is 0 Å². The van der Waals surface area contributed by atoms with Gasteiger partial charge in [-0.15, -0.1) is 0 Å². The molecular formula is C15H20ClN3O4. The van der Waals surface area contributed by atoms with Crippen LogP contribution in [0.15, 0.2) is 18.2 Å². The molecule has 0 spiro atoms. The van der Waals surface area contributed by atoms with Gasteiger partial charge in [-0.3, -0.25) is 10.1 Å². The van der Waals surface area contributed by atoms with E-state index in [0.29, 0.717) is 23.8 Å². The molecule has 0 atom stereocenters. The molecule has 0 unspecified atom stereocenters. The van der Waals surface area contributed by atoms with Crippen LogP contribution in [0, 0.1) is 10.1 Å². The van der Waals surface area contributed by atoms with Crippen LogP contribution in [0.25, 0.3) is 0 Å². The number of benzene rings is 1. The Morgan fingerprint density at radius 1 is 1.43 bits per heavy atom. The molecule has 1 aliphatic heterocycles. The Bertz CT molecular complexity index is 586. The predicted octanol–water partition coefficient (Wildman–Crippen LogP) is 3.67. The van der Waals surface area contributed by atoms with Gasteiger partial charge in [0.05, 0.1) is 21.7 Å². The maximum atomic E-state index is 11.8. The first-order valence-corrected chi connectivity index (χ1v) is 7.90. The van der Waals surface area contributed by atoms with Crippen LogP contribution in [-0.2, 0) is 4.74 Å². The lowest BCUT2D eigenvalue weighted by Crippen LogP contribution is -2.43. The van der Waals surface area contributed by atoms with Gasteiger partial charge in [-0.05, 0) is 32.8 Å². The summed E-state index contributed by atoms with van der Waals surface area (Å²) >= 11 is 6.08. The van der Waals surface area contributed by atoms with Crippen molar-refractivity contribution in [1.29, 1.82) is 0 Å². The largest absolute Gasteiger partial charge is 0.447 e. The van der Waals surface area contributed by atoms with E-state index in [1.54, 1.807) is 11.0 Å². The Hall–Kier alpha value is -2.02. The monoisotopic (exact) mass is 341 g/mol. The number of nitro benzene ring substituents is 1. The highest BCUT2D eigenvalue weighted by Crippen LogP contribution is 2.28. The fourth-order valence-corrected chi connectivity index (χ4v) is 2.67. The predicted molar refractivity (Wildman–Crippen MR) is 87.9 cm³/mol. The first-order valence-electron chi connectivity index (χ1n) is 7.53. The summed E-state index contributed by atoms with van der Waals surface area (Å²) in [5.74, 6) is 0. The summed E-state index contributed by atoms with van der Waals surface area (Å²) in [7, 11) is 0. The number of anilines is 1. The zero-order valence-electron chi connectivity index (χ0n) is 13.1. The van der Waals surface area contributed by atoms with Crippen LogP contribution in [0.3, 0.4) is 0 Å². The highest BCUT2D eigenvalue weighted by Gasteiger charge is 2.24. The number of amides is 1. The van der Waals surface area contributed by atoms with Gasteiger partial charge < -0.3 is 15.0 Å². The number of carbonyl (C=O) groups excluding carboxylic acids is 1. The molecule has 126 valence electrons. The number of piperidine rings is 1. The van der Waals surface area contributed by atoms with Gasteiger partial charge >= 0.3 is 6.09 Å². The highest BCUT2D eigenvalue weighted by atomic mass is 35.5. The Balaban J connectivity index is 1.89. The molecule has 8 heteroatoms. The quantitative estimate of drug-likeness (QED) is 0.667. The minimum absolute atomic E-state index is 0.0354. The van der Waals surface area contributed by atoms with Gasteiger partial charge in [-0.2, -0.15) is 0 Å². The van der Waals surface area contributed by atoms with E-state index in [0.717, 1.165) is 12.8 Å². The number of nitrogens with one attached hydrogen (secondary N) is 1. The molecular weight excluding hydrogens is 322 g/mol. The van der Waals surface area contributed by atoms with Crippen molar-refractivity contribution in [1.82, 2.24) is 4.90 Å². The molecule has 7 nitrogen and oxygen atoms in total. The van der Waals surface area contributed by atoms with Crippen molar-refractivity contribution in [2.24, 2.45) is 0 Å². The fourth-order valence-electron chi connectivity index (χ4n) is 2.44. The molecule has 1 saturated heterocycles. The van der Waals surface area contributed by atoms with Gasteiger partial charge in [0, 0.05) is 31.3 Å². The van der Waals surface area contributed by atoms with E-state index >= 15 is 0 Å². The van der Waals surface area contributed by atoms with Gasteiger partial charge in [0.2, 0.25) is 0 Å². The molecule has 23 heavy (non-hydrogen) atoms. The number of rotatable bonds is 4. The van der Waals surface area contributed by atoms with Crippen LogP contribution in [-0.4, -0.2) is 41.2 Å². The molecule has 0 saturated carbocycles. The molecule has 1 amide bonds. The zero-order valence-corrected chi connectivity index (χ0v) is 13.9. The van der Waals surface area contributed by atoms with Crippen LogP contribution in [0.4, 0.5) is 16.2 Å². The SMILES string of the molecule is CC(C)OC(=O)N1CCC(Nc2ccc([N+](=O)[O-])cc2Cl)CC1. The maximum absolute atomic E-state index is 11.8. The Morgan fingerprint density at radius 2 is 2.09 bits per heavy atom. The third kappa shape index (κ3) is 4.72. The van der Waals surface area contributed by atoms with Crippen molar-refractivity contribution >= 4 is 29.1 Å². The van der Waals surface area contributed by atoms with E-state index in [2.05, 4.69) is 5.32 Å².